The van der Waals surface area contributed by atoms with Gasteiger partial charge in [0.1, 0.15) is 0 Å². The van der Waals surface area contributed by atoms with E-state index >= 15 is 0 Å². The predicted molar refractivity (Wildman–Crippen MR) is 111 cm³/mol. The fourth-order valence-electron chi connectivity index (χ4n) is 3.22. The monoisotopic (exact) mass is 435 g/mol. The van der Waals surface area contributed by atoms with Gasteiger partial charge in [-0.1, -0.05) is 23.7 Å². The molecule has 2 aromatic heterocycles. The summed E-state index contributed by atoms with van der Waals surface area (Å²) in [5.41, 5.74) is 0.702. The summed E-state index contributed by atoms with van der Waals surface area (Å²) in [5, 5.41) is 10.4. The minimum absolute atomic E-state index is 0.000145. The second-order valence-electron chi connectivity index (χ2n) is 6.54. The number of anilines is 1. The Labute approximate surface area is 175 Å². The Morgan fingerprint density at radius 3 is 3.07 bits per heavy atom. The number of likely N-dealkylation sites (tertiary alicyclic amines) is 1. The van der Waals surface area contributed by atoms with Gasteiger partial charge in [-0.3, -0.25) is 9.69 Å². The molecule has 1 atom stereocenters. The molecule has 1 saturated heterocycles. The summed E-state index contributed by atoms with van der Waals surface area (Å²) in [4.78, 5) is 19.1. The fraction of sp³-hybridized carbons (Fsp3) is 0.333. The number of nitrogens with zero attached hydrogens (tertiary/aromatic N) is 4. The molecule has 0 radical (unpaired) electrons. The van der Waals surface area contributed by atoms with Crippen LogP contribution in [0.4, 0.5) is 5.13 Å². The van der Waals surface area contributed by atoms with Crippen molar-refractivity contribution in [3.05, 3.63) is 45.7 Å². The minimum Gasteiger partial charge on any atom is -0.409 e. The smallest absolute Gasteiger partial charge is 0.288 e. The van der Waals surface area contributed by atoms with Crippen molar-refractivity contribution >= 4 is 46.2 Å². The lowest BCUT2D eigenvalue weighted by atomic mass is 9.97. The van der Waals surface area contributed by atoms with E-state index in [0.29, 0.717) is 34.8 Å². The average Bonchev–Trinajstić information content (AvgIpc) is 3.32. The molecule has 0 spiro atoms. The van der Waals surface area contributed by atoms with Crippen molar-refractivity contribution in [3.8, 4) is 11.5 Å². The second-order valence-corrected chi connectivity index (χ2v) is 8.19. The molecular weight excluding hydrogens is 418 g/mol. The SMILES string of the molecule is O=C(Nc1nccs1)C1CCCN(Cn2nc(-c3ccccc3Cl)oc2=S)C1. The quantitative estimate of drug-likeness (QED) is 0.602. The van der Waals surface area contributed by atoms with Gasteiger partial charge in [-0.25, -0.2) is 9.67 Å². The van der Waals surface area contributed by atoms with Crippen molar-refractivity contribution < 1.29 is 9.21 Å². The van der Waals surface area contributed by atoms with E-state index in [4.69, 9.17) is 28.2 Å². The van der Waals surface area contributed by atoms with Crippen molar-refractivity contribution in [2.75, 3.05) is 18.4 Å². The number of nitrogens with one attached hydrogen (secondary N) is 1. The Balaban J connectivity index is 1.43. The van der Waals surface area contributed by atoms with E-state index in [1.54, 1.807) is 16.9 Å². The Kier molecular flexibility index (Phi) is 5.86. The highest BCUT2D eigenvalue weighted by Crippen LogP contribution is 2.27. The highest BCUT2D eigenvalue weighted by molar-refractivity contribution is 7.71. The molecule has 1 aromatic carbocycles. The van der Waals surface area contributed by atoms with Crippen LogP contribution in [0.5, 0.6) is 0 Å². The van der Waals surface area contributed by atoms with Crippen molar-refractivity contribution in [1.29, 1.82) is 0 Å². The van der Waals surface area contributed by atoms with Crippen molar-refractivity contribution in [2.24, 2.45) is 5.92 Å². The van der Waals surface area contributed by atoms with E-state index in [1.165, 1.54) is 11.3 Å². The van der Waals surface area contributed by atoms with Gasteiger partial charge in [-0.05, 0) is 43.7 Å². The first-order valence-electron chi connectivity index (χ1n) is 8.86. The van der Waals surface area contributed by atoms with Crippen LogP contribution in [-0.4, -0.2) is 38.7 Å². The van der Waals surface area contributed by atoms with Crippen LogP contribution in [0.2, 0.25) is 5.02 Å². The lowest BCUT2D eigenvalue weighted by Crippen LogP contribution is -2.41. The molecule has 0 saturated carbocycles. The molecule has 1 unspecified atom stereocenters. The summed E-state index contributed by atoms with van der Waals surface area (Å²) in [7, 11) is 0. The van der Waals surface area contributed by atoms with Crippen LogP contribution in [0.1, 0.15) is 12.8 Å². The first-order chi connectivity index (χ1) is 13.6. The maximum Gasteiger partial charge on any atom is 0.288 e. The number of hydrogen-bond acceptors (Lipinski definition) is 7. The number of carbonyl (C=O) groups excluding carboxylic acids is 1. The molecule has 1 aliphatic heterocycles. The van der Waals surface area contributed by atoms with Gasteiger partial charge in [-0.15, -0.1) is 16.4 Å². The summed E-state index contributed by atoms with van der Waals surface area (Å²) in [6.45, 7) is 1.97. The van der Waals surface area contributed by atoms with Crippen LogP contribution in [0.25, 0.3) is 11.5 Å². The molecule has 146 valence electrons. The highest BCUT2D eigenvalue weighted by Gasteiger charge is 2.27. The van der Waals surface area contributed by atoms with Crippen LogP contribution < -0.4 is 5.32 Å². The molecule has 7 nitrogen and oxygen atoms in total. The van der Waals surface area contributed by atoms with Gasteiger partial charge in [0.15, 0.2) is 5.13 Å². The molecule has 3 aromatic rings. The summed E-state index contributed by atoms with van der Waals surface area (Å²) < 4.78 is 7.27. The lowest BCUT2D eigenvalue weighted by molar-refractivity contribution is -0.121. The van der Waals surface area contributed by atoms with E-state index in [0.717, 1.165) is 19.4 Å². The van der Waals surface area contributed by atoms with Crippen molar-refractivity contribution in [1.82, 2.24) is 19.7 Å². The molecule has 28 heavy (non-hydrogen) atoms. The Hall–Kier alpha value is -2.07. The Morgan fingerprint density at radius 2 is 2.29 bits per heavy atom. The molecule has 0 aliphatic carbocycles. The first kappa shape index (κ1) is 19.3. The van der Waals surface area contributed by atoms with Crippen LogP contribution in [0.15, 0.2) is 40.3 Å². The third-order valence-electron chi connectivity index (χ3n) is 4.58. The van der Waals surface area contributed by atoms with E-state index in [-0.39, 0.29) is 16.7 Å². The zero-order valence-electron chi connectivity index (χ0n) is 14.9. The van der Waals surface area contributed by atoms with Crippen LogP contribution >= 0.6 is 35.2 Å². The van der Waals surface area contributed by atoms with E-state index in [9.17, 15) is 4.79 Å². The van der Waals surface area contributed by atoms with Crippen LogP contribution in [0.3, 0.4) is 0 Å². The number of thiazole rings is 1. The molecular formula is C18H18ClN5O2S2. The first-order valence-corrected chi connectivity index (χ1v) is 10.5. The fourth-order valence-corrected chi connectivity index (χ4v) is 4.15. The number of aromatic nitrogens is 3. The number of amides is 1. The number of halogens is 1. The van der Waals surface area contributed by atoms with E-state index < -0.39 is 0 Å². The molecule has 10 heteroatoms. The molecule has 4 rings (SSSR count). The maximum absolute atomic E-state index is 12.5. The normalized spacial score (nSPS) is 17.5. The number of carbonyl (C=O) groups is 1. The van der Waals surface area contributed by atoms with Crippen LogP contribution in [-0.2, 0) is 11.5 Å². The average molecular weight is 436 g/mol. The van der Waals surface area contributed by atoms with E-state index in [2.05, 4.69) is 20.3 Å². The summed E-state index contributed by atoms with van der Waals surface area (Å²) >= 11 is 13.0. The topological polar surface area (TPSA) is 76.2 Å². The molecule has 1 aliphatic rings. The van der Waals surface area contributed by atoms with Gasteiger partial charge in [0, 0.05) is 18.1 Å². The summed E-state index contributed by atoms with van der Waals surface area (Å²) in [6.07, 6.45) is 3.46. The predicted octanol–water partition coefficient (Wildman–Crippen LogP) is 4.29. The molecule has 1 N–H and O–H groups in total. The van der Waals surface area contributed by atoms with Gasteiger partial charge in [0.05, 0.1) is 23.2 Å². The summed E-state index contributed by atoms with van der Waals surface area (Å²) in [5.74, 6) is 0.299. The zero-order valence-corrected chi connectivity index (χ0v) is 17.3. The summed E-state index contributed by atoms with van der Waals surface area (Å²) in [6, 6.07) is 7.34. The molecule has 3 heterocycles. The van der Waals surface area contributed by atoms with Crippen molar-refractivity contribution in [2.45, 2.75) is 19.5 Å². The largest absolute Gasteiger partial charge is 0.409 e. The third kappa shape index (κ3) is 4.33. The maximum atomic E-state index is 12.5. The van der Waals surface area contributed by atoms with Crippen molar-refractivity contribution in [3.63, 3.8) is 0 Å². The molecule has 1 amide bonds. The van der Waals surface area contributed by atoms with Crippen LogP contribution in [0, 0.1) is 10.8 Å². The second kappa shape index (κ2) is 8.52. The molecule has 1 fully saturated rings. The van der Waals surface area contributed by atoms with E-state index in [1.807, 2.05) is 23.6 Å². The Morgan fingerprint density at radius 1 is 1.43 bits per heavy atom. The van der Waals surface area contributed by atoms with Gasteiger partial charge in [0.25, 0.3) is 4.84 Å². The lowest BCUT2D eigenvalue weighted by Gasteiger charge is -2.31. The van der Waals surface area contributed by atoms with Gasteiger partial charge in [-0.2, -0.15) is 0 Å². The number of hydrogen-bond donors (Lipinski definition) is 1. The molecule has 0 bridgehead atoms. The van der Waals surface area contributed by atoms with Gasteiger partial charge in [0.2, 0.25) is 11.8 Å². The highest BCUT2D eigenvalue weighted by atomic mass is 35.5. The number of rotatable bonds is 5. The third-order valence-corrected chi connectivity index (χ3v) is 5.90. The number of benzene rings is 1. The minimum atomic E-state index is -0.0956. The zero-order chi connectivity index (χ0) is 19.5. The number of piperidine rings is 1. The Bertz CT molecular complexity index is 1020. The van der Waals surface area contributed by atoms with Gasteiger partial charge >= 0.3 is 0 Å². The standard InChI is InChI=1S/C18H18ClN5O2S2/c19-14-6-2-1-5-13(14)16-22-24(18(27)26-16)11-23-8-3-4-12(10-23)15(25)21-17-20-7-9-28-17/h1-2,5-7,9,12H,3-4,8,10-11H2,(H,20,21,25). The van der Waals surface area contributed by atoms with Gasteiger partial charge < -0.3 is 9.73 Å².